The molecule has 1 heterocycles. The molecule has 1 amide bonds. The third kappa shape index (κ3) is 2.61. The summed E-state index contributed by atoms with van der Waals surface area (Å²) in [5.41, 5.74) is 7.91. The Balaban J connectivity index is 1.98. The van der Waals surface area contributed by atoms with E-state index in [0.29, 0.717) is 17.8 Å². The van der Waals surface area contributed by atoms with Crippen molar-refractivity contribution in [1.29, 1.82) is 0 Å². The van der Waals surface area contributed by atoms with Gasteiger partial charge in [-0.3, -0.25) is 4.79 Å². The SMILES string of the molecule is Nc1cccc(C(=O)NCc2ccsc2)c1. The molecule has 0 aliphatic carbocycles. The van der Waals surface area contributed by atoms with Gasteiger partial charge in [-0.1, -0.05) is 6.07 Å². The van der Waals surface area contributed by atoms with E-state index in [1.807, 2.05) is 16.8 Å². The van der Waals surface area contributed by atoms with Crippen molar-refractivity contribution in [3.63, 3.8) is 0 Å². The molecular weight excluding hydrogens is 220 g/mol. The summed E-state index contributed by atoms with van der Waals surface area (Å²) in [5.74, 6) is -0.0986. The Labute approximate surface area is 97.9 Å². The van der Waals surface area contributed by atoms with Gasteiger partial charge in [0.1, 0.15) is 0 Å². The van der Waals surface area contributed by atoms with Crippen LogP contribution in [0.25, 0.3) is 0 Å². The van der Waals surface area contributed by atoms with Crippen LogP contribution in [-0.4, -0.2) is 5.91 Å². The predicted molar refractivity (Wildman–Crippen MR) is 66.3 cm³/mol. The molecule has 0 spiro atoms. The van der Waals surface area contributed by atoms with Crippen molar-refractivity contribution < 1.29 is 4.79 Å². The van der Waals surface area contributed by atoms with Crippen molar-refractivity contribution in [3.05, 3.63) is 52.2 Å². The zero-order valence-electron chi connectivity index (χ0n) is 8.64. The number of nitrogen functional groups attached to an aromatic ring is 1. The Morgan fingerprint density at radius 3 is 2.94 bits per heavy atom. The second-order valence-corrected chi connectivity index (χ2v) is 4.22. The predicted octanol–water partition coefficient (Wildman–Crippen LogP) is 2.26. The van der Waals surface area contributed by atoms with Gasteiger partial charge in [-0.05, 0) is 40.6 Å². The molecule has 0 unspecified atom stereocenters. The number of rotatable bonds is 3. The summed E-state index contributed by atoms with van der Waals surface area (Å²) in [5, 5.41) is 6.84. The first-order chi connectivity index (χ1) is 7.75. The molecule has 16 heavy (non-hydrogen) atoms. The number of hydrogen-bond acceptors (Lipinski definition) is 3. The molecule has 0 atom stereocenters. The highest BCUT2D eigenvalue weighted by Gasteiger charge is 2.04. The molecule has 2 aromatic rings. The van der Waals surface area contributed by atoms with Crippen molar-refractivity contribution in [2.24, 2.45) is 0 Å². The first kappa shape index (κ1) is 10.7. The highest BCUT2D eigenvalue weighted by Crippen LogP contribution is 2.08. The summed E-state index contributed by atoms with van der Waals surface area (Å²) in [6, 6.07) is 8.94. The molecule has 82 valence electrons. The van der Waals surface area contributed by atoms with Crippen LogP contribution < -0.4 is 11.1 Å². The molecule has 0 bridgehead atoms. The van der Waals surface area contributed by atoms with Gasteiger partial charge in [0.25, 0.3) is 5.91 Å². The zero-order chi connectivity index (χ0) is 11.4. The summed E-state index contributed by atoms with van der Waals surface area (Å²) in [4.78, 5) is 11.7. The Morgan fingerprint density at radius 2 is 2.25 bits per heavy atom. The number of amides is 1. The summed E-state index contributed by atoms with van der Waals surface area (Å²) in [7, 11) is 0. The third-order valence-corrected chi connectivity index (χ3v) is 2.91. The van der Waals surface area contributed by atoms with E-state index in [1.165, 1.54) is 0 Å². The van der Waals surface area contributed by atoms with Crippen LogP contribution in [0, 0.1) is 0 Å². The molecule has 0 aliphatic rings. The van der Waals surface area contributed by atoms with Crippen LogP contribution in [0.3, 0.4) is 0 Å². The molecule has 4 heteroatoms. The number of anilines is 1. The van der Waals surface area contributed by atoms with Crippen molar-refractivity contribution in [3.8, 4) is 0 Å². The van der Waals surface area contributed by atoms with E-state index >= 15 is 0 Å². The molecule has 0 saturated heterocycles. The summed E-state index contributed by atoms with van der Waals surface area (Å²) >= 11 is 1.62. The van der Waals surface area contributed by atoms with Crippen LogP contribution in [-0.2, 0) is 6.54 Å². The van der Waals surface area contributed by atoms with E-state index in [9.17, 15) is 4.79 Å². The minimum absolute atomic E-state index is 0.0986. The number of nitrogens with two attached hydrogens (primary N) is 1. The average molecular weight is 232 g/mol. The number of thiophene rings is 1. The van der Waals surface area contributed by atoms with Gasteiger partial charge in [-0.2, -0.15) is 11.3 Å². The fourth-order valence-electron chi connectivity index (χ4n) is 1.36. The van der Waals surface area contributed by atoms with E-state index in [-0.39, 0.29) is 5.91 Å². The van der Waals surface area contributed by atoms with Crippen LogP contribution >= 0.6 is 11.3 Å². The second kappa shape index (κ2) is 4.81. The summed E-state index contributed by atoms with van der Waals surface area (Å²) in [6.07, 6.45) is 0. The lowest BCUT2D eigenvalue weighted by Gasteiger charge is -2.04. The Kier molecular flexibility index (Phi) is 3.22. The van der Waals surface area contributed by atoms with Crippen LogP contribution in [0.15, 0.2) is 41.1 Å². The quantitative estimate of drug-likeness (QED) is 0.797. The molecule has 3 nitrogen and oxygen atoms in total. The van der Waals surface area contributed by atoms with E-state index in [4.69, 9.17) is 5.73 Å². The van der Waals surface area contributed by atoms with Gasteiger partial charge in [0, 0.05) is 17.8 Å². The molecule has 0 fully saturated rings. The molecule has 0 radical (unpaired) electrons. The molecule has 0 saturated carbocycles. The summed E-state index contributed by atoms with van der Waals surface area (Å²) in [6.45, 7) is 0.553. The van der Waals surface area contributed by atoms with Gasteiger partial charge in [0.2, 0.25) is 0 Å². The lowest BCUT2D eigenvalue weighted by Crippen LogP contribution is -2.22. The topological polar surface area (TPSA) is 55.1 Å². The smallest absolute Gasteiger partial charge is 0.251 e. The maximum atomic E-state index is 11.7. The fraction of sp³-hybridized carbons (Fsp3) is 0.0833. The first-order valence-electron chi connectivity index (χ1n) is 4.90. The molecule has 0 aliphatic heterocycles. The van der Waals surface area contributed by atoms with E-state index in [0.717, 1.165) is 5.56 Å². The standard InChI is InChI=1S/C12H12N2OS/c13-11-3-1-2-10(6-11)12(15)14-7-9-4-5-16-8-9/h1-6,8H,7,13H2,(H,14,15). The maximum Gasteiger partial charge on any atom is 0.251 e. The number of benzene rings is 1. The van der Waals surface area contributed by atoms with Crippen LogP contribution in [0.5, 0.6) is 0 Å². The van der Waals surface area contributed by atoms with Gasteiger partial charge >= 0.3 is 0 Å². The Bertz CT molecular complexity index is 480. The van der Waals surface area contributed by atoms with E-state index in [1.54, 1.807) is 35.6 Å². The average Bonchev–Trinajstić information content (AvgIpc) is 2.78. The van der Waals surface area contributed by atoms with Gasteiger partial charge in [0.05, 0.1) is 0 Å². The van der Waals surface area contributed by atoms with Crippen molar-refractivity contribution in [2.45, 2.75) is 6.54 Å². The van der Waals surface area contributed by atoms with Gasteiger partial charge in [-0.25, -0.2) is 0 Å². The van der Waals surface area contributed by atoms with Gasteiger partial charge in [-0.15, -0.1) is 0 Å². The lowest BCUT2D eigenvalue weighted by molar-refractivity contribution is 0.0951. The zero-order valence-corrected chi connectivity index (χ0v) is 9.46. The highest BCUT2D eigenvalue weighted by molar-refractivity contribution is 7.07. The third-order valence-electron chi connectivity index (χ3n) is 2.18. The Morgan fingerprint density at radius 1 is 1.38 bits per heavy atom. The number of hydrogen-bond donors (Lipinski definition) is 2. The minimum Gasteiger partial charge on any atom is -0.399 e. The van der Waals surface area contributed by atoms with E-state index < -0.39 is 0 Å². The molecular formula is C12H12N2OS. The largest absolute Gasteiger partial charge is 0.399 e. The number of carbonyl (C=O) groups excluding carboxylic acids is 1. The van der Waals surface area contributed by atoms with Crippen LogP contribution in [0.1, 0.15) is 15.9 Å². The second-order valence-electron chi connectivity index (χ2n) is 3.44. The first-order valence-corrected chi connectivity index (χ1v) is 5.85. The Hall–Kier alpha value is -1.81. The van der Waals surface area contributed by atoms with Gasteiger partial charge in [0.15, 0.2) is 0 Å². The highest BCUT2D eigenvalue weighted by atomic mass is 32.1. The minimum atomic E-state index is -0.0986. The summed E-state index contributed by atoms with van der Waals surface area (Å²) < 4.78 is 0. The monoisotopic (exact) mass is 232 g/mol. The van der Waals surface area contributed by atoms with Gasteiger partial charge < -0.3 is 11.1 Å². The molecule has 1 aromatic heterocycles. The molecule has 2 rings (SSSR count). The maximum absolute atomic E-state index is 11.7. The normalized spacial score (nSPS) is 10.0. The molecule has 1 aromatic carbocycles. The molecule has 3 N–H and O–H groups in total. The van der Waals surface area contributed by atoms with Crippen LogP contribution in [0.2, 0.25) is 0 Å². The number of nitrogens with one attached hydrogen (secondary N) is 1. The van der Waals surface area contributed by atoms with Crippen molar-refractivity contribution >= 4 is 22.9 Å². The number of carbonyl (C=O) groups is 1. The van der Waals surface area contributed by atoms with Crippen molar-refractivity contribution in [2.75, 3.05) is 5.73 Å². The van der Waals surface area contributed by atoms with Crippen LogP contribution in [0.4, 0.5) is 5.69 Å². The van der Waals surface area contributed by atoms with Crippen molar-refractivity contribution in [1.82, 2.24) is 5.32 Å². The lowest BCUT2D eigenvalue weighted by atomic mass is 10.2. The fourth-order valence-corrected chi connectivity index (χ4v) is 2.03. The van der Waals surface area contributed by atoms with E-state index in [2.05, 4.69) is 5.32 Å².